The lowest BCUT2D eigenvalue weighted by molar-refractivity contribution is 0.475. The molecule has 1 N–H and O–H groups in total. The van der Waals surface area contributed by atoms with Gasteiger partial charge in [-0.25, -0.2) is 4.79 Å². The van der Waals surface area contributed by atoms with Gasteiger partial charge in [0, 0.05) is 5.92 Å². The molecular formula is C15H13NO2. The molecule has 18 heavy (non-hydrogen) atoms. The Morgan fingerprint density at radius 2 is 1.50 bits per heavy atom. The third-order valence-electron chi connectivity index (χ3n) is 2.96. The SMILES string of the molecule is CC(c1ccc(O)cc1)c1ccc(N=C=O)cc1. The van der Waals surface area contributed by atoms with Crippen LogP contribution in [0, 0.1) is 0 Å². The molecule has 0 saturated carbocycles. The van der Waals surface area contributed by atoms with Crippen molar-refractivity contribution in [3.63, 3.8) is 0 Å². The number of phenolic OH excluding ortho intramolecular Hbond substituents is 1. The first-order valence-electron chi connectivity index (χ1n) is 5.67. The highest BCUT2D eigenvalue weighted by Crippen LogP contribution is 2.26. The minimum atomic E-state index is 0.222. The van der Waals surface area contributed by atoms with E-state index in [-0.39, 0.29) is 11.7 Å². The Morgan fingerprint density at radius 1 is 1.00 bits per heavy atom. The predicted molar refractivity (Wildman–Crippen MR) is 69.8 cm³/mol. The van der Waals surface area contributed by atoms with Crippen LogP contribution >= 0.6 is 0 Å². The Labute approximate surface area is 105 Å². The molecule has 1 unspecified atom stereocenters. The zero-order valence-electron chi connectivity index (χ0n) is 10.00. The van der Waals surface area contributed by atoms with Gasteiger partial charge in [-0.15, -0.1) is 0 Å². The van der Waals surface area contributed by atoms with E-state index in [1.165, 1.54) is 6.08 Å². The summed E-state index contributed by atoms with van der Waals surface area (Å²) in [6, 6.07) is 14.6. The van der Waals surface area contributed by atoms with Crippen LogP contribution in [0.1, 0.15) is 24.0 Å². The molecule has 0 radical (unpaired) electrons. The van der Waals surface area contributed by atoms with Crippen molar-refractivity contribution in [1.29, 1.82) is 0 Å². The number of isocyanates is 1. The summed E-state index contributed by atoms with van der Waals surface area (Å²) >= 11 is 0. The van der Waals surface area contributed by atoms with Crippen LogP contribution < -0.4 is 0 Å². The molecule has 0 fully saturated rings. The molecule has 0 amide bonds. The fourth-order valence-corrected chi connectivity index (χ4v) is 1.85. The van der Waals surface area contributed by atoms with Crippen LogP contribution in [0.2, 0.25) is 0 Å². The Bertz CT molecular complexity index is 566. The zero-order valence-corrected chi connectivity index (χ0v) is 10.00. The van der Waals surface area contributed by atoms with Crippen molar-refractivity contribution in [3.8, 4) is 5.75 Å². The lowest BCUT2D eigenvalue weighted by atomic mass is 9.93. The minimum absolute atomic E-state index is 0.222. The van der Waals surface area contributed by atoms with E-state index in [1.54, 1.807) is 24.3 Å². The average molecular weight is 239 g/mol. The molecule has 0 aliphatic heterocycles. The van der Waals surface area contributed by atoms with Crippen molar-refractivity contribution in [1.82, 2.24) is 0 Å². The summed E-state index contributed by atoms with van der Waals surface area (Å²) in [5.74, 6) is 0.487. The lowest BCUT2D eigenvalue weighted by Gasteiger charge is -2.12. The predicted octanol–water partition coefficient (Wildman–Crippen LogP) is 3.51. The fraction of sp³-hybridized carbons (Fsp3) is 0.133. The first kappa shape index (κ1) is 12.1. The highest BCUT2D eigenvalue weighted by Gasteiger charge is 2.08. The van der Waals surface area contributed by atoms with Crippen LogP contribution in [0.5, 0.6) is 5.75 Å². The number of hydrogen-bond acceptors (Lipinski definition) is 3. The Morgan fingerprint density at radius 3 is 2.00 bits per heavy atom. The Hall–Kier alpha value is -2.38. The minimum Gasteiger partial charge on any atom is -0.508 e. The van der Waals surface area contributed by atoms with Crippen LogP contribution in [0.25, 0.3) is 0 Å². The molecule has 0 aliphatic carbocycles. The summed E-state index contributed by atoms with van der Waals surface area (Å²) in [7, 11) is 0. The molecule has 2 rings (SSSR count). The molecule has 0 heterocycles. The number of carbonyl (C=O) groups excluding carboxylic acids is 1. The van der Waals surface area contributed by atoms with Crippen LogP contribution in [0.15, 0.2) is 53.5 Å². The van der Waals surface area contributed by atoms with Crippen molar-refractivity contribution in [3.05, 3.63) is 59.7 Å². The van der Waals surface area contributed by atoms with Gasteiger partial charge in [0.25, 0.3) is 0 Å². The standard InChI is InChI=1S/C15H13NO2/c1-11(13-4-8-15(18)9-5-13)12-2-6-14(7-3-12)16-10-17/h2-9,11,18H,1H3. The van der Waals surface area contributed by atoms with Gasteiger partial charge < -0.3 is 5.11 Å². The molecule has 0 aliphatic rings. The van der Waals surface area contributed by atoms with Crippen LogP contribution in [0.4, 0.5) is 5.69 Å². The molecule has 0 spiro atoms. The number of aliphatic imine (C=N–C) groups is 1. The van der Waals surface area contributed by atoms with Crippen molar-refractivity contribution in [2.45, 2.75) is 12.8 Å². The molecule has 0 saturated heterocycles. The fourth-order valence-electron chi connectivity index (χ4n) is 1.85. The Kier molecular flexibility index (Phi) is 3.56. The maximum atomic E-state index is 10.1. The lowest BCUT2D eigenvalue weighted by Crippen LogP contribution is -1.94. The van der Waals surface area contributed by atoms with Crippen molar-refractivity contribution >= 4 is 11.8 Å². The summed E-state index contributed by atoms with van der Waals surface area (Å²) in [6.07, 6.45) is 1.52. The Balaban J connectivity index is 2.25. The number of nitrogens with zero attached hydrogens (tertiary/aromatic N) is 1. The van der Waals surface area contributed by atoms with E-state index in [0.717, 1.165) is 11.1 Å². The normalized spacial score (nSPS) is 11.6. The third-order valence-corrected chi connectivity index (χ3v) is 2.96. The molecule has 0 aromatic heterocycles. The second-order valence-corrected chi connectivity index (χ2v) is 4.11. The first-order valence-corrected chi connectivity index (χ1v) is 5.67. The number of aromatic hydroxyl groups is 1. The molecule has 90 valence electrons. The van der Waals surface area contributed by atoms with Gasteiger partial charge in [0.2, 0.25) is 6.08 Å². The summed E-state index contributed by atoms with van der Waals surface area (Å²) in [6.45, 7) is 2.09. The van der Waals surface area contributed by atoms with E-state index in [0.29, 0.717) is 5.69 Å². The van der Waals surface area contributed by atoms with Gasteiger partial charge >= 0.3 is 0 Å². The number of phenols is 1. The zero-order chi connectivity index (χ0) is 13.0. The van der Waals surface area contributed by atoms with Gasteiger partial charge in [-0.1, -0.05) is 31.2 Å². The average Bonchev–Trinajstić information content (AvgIpc) is 2.40. The van der Waals surface area contributed by atoms with E-state index >= 15 is 0 Å². The van der Waals surface area contributed by atoms with E-state index < -0.39 is 0 Å². The maximum Gasteiger partial charge on any atom is 0.240 e. The largest absolute Gasteiger partial charge is 0.508 e. The smallest absolute Gasteiger partial charge is 0.240 e. The molecule has 0 bridgehead atoms. The van der Waals surface area contributed by atoms with E-state index in [2.05, 4.69) is 11.9 Å². The second kappa shape index (κ2) is 5.30. The quantitative estimate of drug-likeness (QED) is 0.658. The van der Waals surface area contributed by atoms with Crippen LogP contribution in [-0.4, -0.2) is 11.2 Å². The van der Waals surface area contributed by atoms with Gasteiger partial charge in [-0.3, -0.25) is 0 Å². The summed E-state index contributed by atoms with van der Waals surface area (Å²) in [4.78, 5) is 13.7. The van der Waals surface area contributed by atoms with Gasteiger partial charge in [0.05, 0.1) is 5.69 Å². The van der Waals surface area contributed by atoms with Crippen molar-refractivity contribution in [2.24, 2.45) is 4.99 Å². The van der Waals surface area contributed by atoms with Crippen molar-refractivity contribution < 1.29 is 9.90 Å². The van der Waals surface area contributed by atoms with Gasteiger partial charge in [0.1, 0.15) is 5.75 Å². The topological polar surface area (TPSA) is 49.7 Å². The number of hydrogen-bond donors (Lipinski definition) is 1. The van der Waals surface area contributed by atoms with Gasteiger partial charge in [-0.05, 0) is 35.4 Å². The molecule has 3 heteroatoms. The maximum absolute atomic E-state index is 10.1. The second-order valence-electron chi connectivity index (χ2n) is 4.11. The third kappa shape index (κ3) is 2.65. The number of benzene rings is 2. The molecular weight excluding hydrogens is 226 g/mol. The number of rotatable bonds is 3. The van der Waals surface area contributed by atoms with Crippen molar-refractivity contribution in [2.75, 3.05) is 0 Å². The van der Waals surface area contributed by atoms with Gasteiger partial charge in [-0.2, -0.15) is 4.99 Å². The molecule has 2 aromatic carbocycles. The first-order chi connectivity index (χ1) is 8.70. The van der Waals surface area contributed by atoms with Gasteiger partial charge in [0.15, 0.2) is 0 Å². The molecule has 1 atom stereocenters. The summed E-state index contributed by atoms with van der Waals surface area (Å²) < 4.78 is 0. The van der Waals surface area contributed by atoms with E-state index in [9.17, 15) is 9.90 Å². The molecule has 2 aromatic rings. The highest BCUT2D eigenvalue weighted by atomic mass is 16.3. The summed E-state index contributed by atoms with van der Waals surface area (Å²) in [5, 5.41) is 9.26. The van der Waals surface area contributed by atoms with E-state index in [1.807, 2.05) is 24.3 Å². The van der Waals surface area contributed by atoms with Crippen LogP contribution in [-0.2, 0) is 4.79 Å². The molecule has 3 nitrogen and oxygen atoms in total. The monoisotopic (exact) mass is 239 g/mol. The van der Waals surface area contributed by atoms with E-state index in [4.69, 9.17) is 0 Å². The summed E-state index contributed by atoms with van der Waals surface area (Å²) in [5.41, 5.74) is 2.86. The van der Waals surface area contributed by atoms with Crippen LogP contribution in [0.3, 0.4) is 0 Å². The highest BCUT2D eigenvalue weighted by molar-refractivity contribution is 5.50.